The third-order valence-electron chi connectivity index (χ3n) is 7.83. The highest BCUT2D eigenvalue weighted by Crippen LogP contribution is 2.23. The summed E-state index contributed by atoms with van der Waals surface area (Å²) in [4.78, 5) is 54.9. The van der Waals surface area contributed by atoms with E-state index in [-0.39, 0.29) is 28.4 Å². The molecule has 1 fully saturated rings. The molecule has 5 aromatic carbocycles. The lowest BCUT2D eigenvalue weighted by Gasteiger charge is -2.34. The second-order valence-corrected chi connectivity index (χ2v) is 11.3. The average Bonchev–Trinajstić information content (AvgIpc) is 3.13. The number of rotatable bonds is 9. The molecule has 0 amide bonds. The fraction of sp³-hybridized carbons (Fsp3) is 0.128. The van der Waals surface area contributed by atoms with E-state index in [0.717, 1.165) is 31.9 Å². The molecule has 0 bridgehead atoms. The van der Waals surface area contributed by atoms with Crippen LogP contribution in [-0.2, 0) is 0 Å². The molecule has 1 heterocycles. The maximum absolute atomic E-state index is 12.7. The van der Waals surface area contributed by atoms with E-state index in [1.807, 2.05) is 12.1 Å². The molecule has 0 spiro atoms. The standard InChI is InChI=1S/C39H32N2O8/c1-40-23-25-41(26-24-40)31-13-21-35(22-14-31)49-39(45)30-11-19-34(20-12-30)48-38(44)29-9-17-33(18-10-29)47-37(43)28-7-15-32(16-8-28)46-36(42)27-5-3-2-4-6-27/h2-22H,23-26H2,1H3. The maximum Gasteiger partial charge on any atom is 0.343 e. The van der Waals surface area contributed by atoms with Crippen LogP contribution in [0.3, 0.4) is 0 Å². The largest absolute Gasteiger partial charge is 0.423 e. The molecule has 0 unspecified atom stereocenters. The van der Waals surface area contributed by atoms with Crippen LogP contribution in [0, 0.1) is 0 Å². The second kappa shape index (κ2) is 15.1. The highest BCUT2D eigenvalue weighted by Gasteiger charge is 2.16. The first kappa shape index (κ1) is 32.7. The number of carbonyl (C=O) groups is 4. The fourth-order valence-electron chi connectivity index (χ4n) is 5.00. The van der Waals surface area contributed by atoms with E-state index >= 15 is 0 Å². The summed E-state index contributed by atoms with van der Waals surface area (Å²) in [7, 11) is 2.11. The Bertz CT molecular complexity index is 1920. The first-order valence-electron chi connectivity index (χ1n) is 15.6. The van der Waals surface area contributed by atoms with Crippen molar-refractivity contribution in [1.82, 2.24) is 4.90 Å². The van der Waals surface area contributed by atoms with Crippen LogP contribution in [0.5, 0.6) is 23.0 Å². The average molecular weight is 657 g/mol. The predicted octanol–water partition coefficient (Wildman–Crippen LogP) is 6.32. The van der Waals surface area contributed by atoms with Crippen molar-refractivity contribution in [1.29, 1.82) is 0 Å². The number of benzene rings is 5. The summed E-state index contributed by atoms with van der Waals surface area (Å²) in [5, 5.41) is 0. The number of piperazine rings is 1. The Hall–Kier alpha value is -6.26. The van der Waals surface area contributed by atoms with Crippen molar-refractivity contribution in [3.05, 3.63) is 150 Å². The van der Waals surface area contributed by atoms with Crippen molar-refractivity contribution in [3.8, 4) is 23.0 Å². The summed E-state index contributed by atoms with van der Waals surface area (Å²) in [6, 6.07) is 33.9. The van der Waals surface area contributed by atoms with Crippen molar-refractivity contribution >= 4 is 29.6 Å². The zero-order valence-corrected chi connectivity index (χ0v) is 26.6. The number of nitrogens with zero attached hydrogens (tertiary/aromatic N) is 2. The highest BCUT2D eigenvalue weighted by molar-refractivity contribution is 5.94. The van der Waals surface area contributed by atoms with Crippen LogP contribution in [0.25, 0.3) is 0 Å². The topological polar surface area (TPSA) is 112 Å². The van der Waals surface area contributed by atoms with Gasteiger partial charge < -0.3 is 28.7 Å². The van der Waals surface area contributed by atoms with Gasteiger partial charge in [-0.15, -0.1) is 0 Å². The number of esters is 4. The third kappa shape index (κ3) is 8.56. The van der Waals surface area contributed by atoms with Crippen molar-refractivity contribution in [3.63, 3.8) is 0 Å². The van der Waals surface area contributed by atoms with Gasteiger partial charge in [0.25, 0.3) is 0 Å². The summed E-state index contributed by atoms with van der Waals surface area (Å²) in [6.45, 7) is 3.90. The Kier molecular flexibility index (Phi) is 10.1. The van der Waals surface area contributed by atoms with Gasteiger partial charge in [-0.25, -0.2) is 19.2 Å². The van der Waals surface area contributed by atoms with Gasteiger partial charge in [0.05, 0.1) is 22.3 Å². The predicted molar refractivity (Wildman–Crippen MR) is 182 cm³/mol. The molecule has 0 atom stereocenters. The fourth-order valence-corrected chi connectivity index (χ4v) is 5.00. The minimum atomic E-state index is -0.630. The van der Waals surface area contributed by atoms with Crippen LogP contribution < -0.4 is 23.8 Å². The van der Waals surface area contributed by atoms with Gasteiger partial charge in [0.2, 0.25) is 0 Å². The molecule has 10 heteroatoms. The van der Waals surface area contributed by atoms with Crippen molar-refractivity contribution in [2.75, 3.05) is 38.1 Å². The van der Waals surface area contributed by atoms with Gasteiger partial charge in [0.1, 0.15) is 23.0 Å². The molecule has 0 aliphatic carbocycles. The summed E-state index contributed by atoms with van der Waals surface area (Å²) in [5.41, 5.74) is 2.27. The monoisotopic (exact) mass is 656 g/mol. The van der Waals surface area contributed by atoms with E-state index in [1.54, 1.807) is 42.5 Å². The number of likely N-dealkylation sites (N-methyl/N-ethyl adjacent to an activating group) is 1. The van der Waals surface area contributed by atoms with Gasteiger partial charge in [-0.05, 0) is 116 Å². The molecule has 1 saturated heterocycles. The van der Waals surface area contributed by atoms with E-state index in [2.05, 4.69) is 16.8 Å². The molecule has 0 aromatic heterocycles. The Morgan fingerprint density at radius 1 is 0.408 bits per heavy atom. The Morgan fingerprint density at radius 3 is 1.06 bits per heavy atom. The van der Waals surface area contributed by atoms with E-state index in [9.17, 15) is 19.2 Å². The molecular weight excluding hydrogens is 624 g/mol. The summed E-state index contributed by atoms with van der Waals surface area (Å²) in [6.07, 6.45) is 0. The molecule has 49 heavy (non-hydrogen) atoms. The Labute approximate surface area is 283 Å². The van der Waals surface area contributed by atoms with Crippen LogP contribution in [0.1, 0.15) is 41.4 Å². The van der Waals surface area contributed by atoms with Gasteiger partial charge >= 0.3 is 23.9 Å². The first-order valence-corrected chi connectivity index (χ1v) is 15.6. The number of hydrogen-bond donors (Lipinski definition) is 0. The lowest BCUT2D eigenvalue weighted by atomic mass is 10.2. The lowest BCUT2D eigenvalue weighted by molar-refractivity contribution is 0.0722. The molecule has 0 radical (unpaired) electrons. The molecule has 1 aliphatic rings. The normalized spacial score (nSPS) is 12.9. The van der Waals surface area contributed by atoms with Gasteiger partial charge in [0.15, 0.2) is 0 Å². The second-order valence-electron chi connectivity index (χ2n) is 11.3. The molecule has 6 rings (SSSR count). The van der Waals surface area contributed by atoms with Gasteiger partial charge in [-0.2, -0.15) is 0 Å². The van der Waals surface area contributed by atoms with Crippen LogP contribution in [-0.4, -0.2) is 62.0 Å². The molecular formula is C39H32N2O8. The summed E-state index contributed by atoms with van der Waals surface area (Å²) in [5.74, 6) is -1.11. The van der Waals surface area contributed by atoms with Gasteiger partial charge in [-0.1, -0.05) is 18.2 Å². The number of hydrogen-bond acceptors (Lipinski definition) is 10. The summed E-state index contributed by atoms with van der Waals surface area (Å²) >= 11 is 0. The van der Waals surface area contributed by atoms with Gasteiger partial charge in [-0.3, -0.25) is 0 Å². The smallest absolute Gasteiger partial charge is 0.343 e. The van der Waals surface area contributed by atoms with Crippen LogP contribution in [0.15, 0.2) is 127 Å². The van der Waals surface area contributed by atoms with E-state index < -0.39 is 23.9 Å². The molecule has 246 valence electrons. The Morgan fingerprint density at radius 2 is 0.714 bits per heavy atom. The quantitative estimate of drug-likeness (QED) is 0.132. The molecule has 1 aliphatic heterocycles. The van der Waals surface area contributed by atoms with Crippen molar-refractivity contribution in [2.45, 2.75) is 0 Å². The number of carbonyl (C=O) groups excluding carboxylic acids is 4. The van der Waals surface area contributed by atoms with Crippen LogP contribution in [0.2, 0.25) is 0 Å². The number of anilines is 1. The molecule has 0 N–H and O–H groups in total. The highest BCUT2D eigenvalue weighted by atomic mass is 16.5. The number of ether oxygens (including phenoxy) is 4. The van der Waals surface area contributed by atoms with Crippen LogP contribution in [0.4, 0.5) is 5.69 Å². The van der Waals surface area contributed by atoms with Crippen LogP contribution >= 0.6 is 0 Å². The third-order valence-corrected chi connectivity index (χ3v) is 7.83. The zero-order valence-electron chi connectivity index (χ0n) is 26.6. The molecule has 5 aromatic rings. The van der Waals surface area contributed by atoms with E-state index in [0.29, 0.717) is 16.9 Å². The SMILES string of the molecule is CN1CCN(c2ccc(OC(=O)c3ccc(OC(=O)c4ccc(OC(=O)c5ccc(OC(=O)c6ccccc6)cc5)cc4)cc3)cc2)CC1. The molecule has 10 nitrogen and oxygen atoms in total. The van der Waals surface area contributed by atoms with Crippen molar-refractivity contribution < 1.29 is 38.1 Å². The minimum absolute atomic E-state index is 0.220. The van der Waals surface area contributed by atoms with Gasteiger partial charge in [0, 0.05) is 31.9 Å². The van der Waals surface area contributed by atoms with E-state index in [1.165, 1.54) is 72.8 Å². The minimum Gasteiger partial charge on any atom is -0.423 e. The lowest BCUT2D eigenvalue weighted by Crippen LogP contribution is -2.44. The maximum atomic E-state index is 12.7. The Balaban J connectivity index is 0.971. The molecule has 0 saturated carbocycles. The van der Waals surface area contributed by atoms with Crippen molar-refractivity contribution in [2.24, 2.45) is 0 Å². The summed E-state index contributed by atoms with van der Waals surface area (Å²) < 4.78 is 21.7. The first-order chi connectivity index (χ1) is 23.8. The zero-order chi connectivity index (χ0) is 34.2. The van der Waals surface area contributed by atoms with E-state index in [4.69, 9.17) is 18.9 Å².